The predicted molar refractivity (Wildman–Crippen MR) is 97.8 cm³/mol. The van der Waals surface area contributed by atoms with Gasteiger partial charge in [0.05, 0.1) is 24.9 Å². The quantitative estimate of drug-likeness (QED) is 0.745. The zero-order valence-corrected chi connectivity index (χ0v) is 15.4. The normalized spacial score (nSPS) is 10.6. The van der Waals surface area contributed by atoms with Gasteiger partial charge in [-0.05, 0) is 65.7 Å². The summed E-state index contributed by atoms with van der Waals surface area (Å²) in [5.74, 6) is 0.641. The molecule has 0 saturated carbocycles. The van der Waals surface area contributed by atoms with Crippen LogP contribution in [0, 0.1) is 13.8 Å². The van der Waals surface area contributed by atoms with Crippen LogP contribution in [0.3, 0.4) is 0 Å². The molecule has 0 fully saturated rings. The summed E-state index contributed by atoms with van der Waals surface area (Å²) in [7, 11) is 1.50. The molecule has 134 valence electrons. The molecule has 2 aromatic carbocycles. The molecule has 8 heteroatoms. The van der Waals surface area contributed by atoms with Crippen LogP contribution in [0.2, 0.25) is 5.02 Å². The second-order valence-corrected chi connectivity index (χ2v) is 6.24. The van der Waals surface area contributed by atoms with Crippen LogP contribution in [0.25, 0.3) is 5.69 Å². The molecular weight excluding hydrogens is 354 g/mol. The van der Waals surface area contributed by atoms with E-state index in [2.05, 4.69) is 20.8 Å². The highest BCUT2D eigenvalue weighted by molar-refractivity contribution is 6.31. The van der Waals surface area contributed by atoms with Crippen molar-refractivity contribution in [2.24, 2.45) is 0 Å². The summed E-state index contributed by atoms with van der Waals surface area (Å²) in [5, 5.41) is 15.0. The number of aromatic nitrogens is 4. The largest absolute Gasteiger partial charge is 0.496 e. The summed E-state index contributed by atoms with van der Waals surface area (Å²) in [4.78, 5) is 12.5. The Morgan fingerprint density at radius 3 is 2.73 bits per heavy atom. The first-order valence-corrected chi connectivity index (χ1v) is 8.34. The fourth-order valence-electron chi connectivity index (χ4n) is 2.49. The maximum absolute atomic E-state index is 12.5. The third kappa shape index (κ3) is 3.67. The maximum atomic E-state index is 12.5. The van der Waals surface area contributed by atoms with Gasteiger partial charge in [0.2, 0.25) is 0 Å². The molecule has 1 heterocycles. The van der Waals surface area contributed by atoms with Crippen molar-refractivity contribution in [1.29, 1.82) is 0 Å². The summed E-state index contributed by atoms with van der Waals surface area (Å²) in [5.41, 5.74) is 3.51. The number of hydrogen-bond acceptors (Lipinski definition) is 5. The average molecular weight is 372 g/mol. The van der Waals surface area contributed by atoms with Crippen molar-refractivity contribution in [2.45, 2.75) is 20.4 Å². The van der Waals surface area contributed by atoms with Gasteiger partial charge in [-0.15, -0.1) is 5.10 Å². The lowest BCUT2D eigenvalue weighted by Gasteiger charge is -2.10. The van der Waals surface area contributed by atoms with Crippen molar-refractivity contribution < 1.29 is 9.53 Å². The molecule has 0 unspecified atom stereocenters. The van der Waals surface area contributed by atoms with Gasteiger partial charge in [-0.25, -0.2) is 0 Å². The van der Waals surface area contributed by atoms with Gasteiger partial charge in [0, 0.05) is 5.02 Å². The van der Waals surface area contributed by atoms with E-state index in [-0.39, 0.29) is 12.5 Å². The smallest absolute Gasteiger partial charge is 0.255 e. The van der Waals surface area contributed by atoms with Crippen molar-refractivity contribution in [2.75, 3.05) is 7.11 Å². The summed E-state index contributed by atoms with van der Waals surface area (Å²) in [6.07, 6.45) is 0. The van der Waals surface area contributed by atoms with E-state index in [1.54, 1.807) is 22.9 Å². The van der Waals surface area contributed by atoms with E-state index in [1.165, 1.54) is 12.7 Å². The average Bonchev–Trinajstić information content (AvgIpc) is 3.10. The van der Waals surface area contributed by atoms with Gasteiger partial charge in [0.1, 0.15) is 5.75 Å². The highest BCUT2D eigenvalue weighted by Crippen LogP contribution is 2.22. The van der Waals surface area contributed by atoms with Crippen LogP contribution in [-0.2, 0) is 6.54 Å². The molecule has 0 aliphatic rings. The number of halogens is 1. The molecule has 3 rings (SSSR count). The van der Waals surface area contributed by atoms with E-state index in [0.717, 1.165) is 11.3 Å². The van der Waals surface area contributed by atoms with E-state index in [9.17, 15) is 4.79 Å². The molecule has 0 radical (unpaired) electrons. The van der Waals surface area contributed by atoms with Gasteiger partial charge in [-0.3, -0.25) is 4.79 Å². The minimum Gasteiger partial charge on any atom is -0.496 e. The van der Waals surface area contributed by atoms with E-state index in [4.69, 9.17) is 16.3 Å². The second-order valence-electron chi connectivity index (χ2n) is 5.80. The minimum absolute atomic E-state index is 0.161. The minimum atomic E-state index is -0.320. The van der Waals surface area contributed by atoms with Crippen molar-refractivity contribution in [1.82, 2.24) is 25.5 Å². The van der Waals surface area contributed by atoms with Crippen LogP contribution in [0.1, 0.15) is 27.3 Å². The molecule has 0 spiro atoms. The van der Waals surface area contributed by atoms with Gasteiger partial charge in [-0.1, -0.05) is 17.7 Å². The molecular formula is C18H18ClN5O2. The molecule has 0 aliphatic heterocycles. The second kappa shape index (κ2) is 7.53. The number of methoxy groups -OCH3 is 1. The van der Waals surface area contributed by atoms with Gasteiger partial charge >= 0.3 is 0 Å². The van der Waals surface area contributed by atoms with Crippen molar-refractivity contribution in [3.05, 3.63) is 63.9 Å². The van der Waals surface area contributed by atoms with Crippen LogP contribution in [-0.4, -0.2) is 33.2 Å². The number of aryl methyl sites for hydroxylation is 2. The van der Waals surface area contributed by atoms with Crippen molar-refractivity contribution in [3.63, 3.8) is 0 Å². The fraction of sp³-hybridized carbons (Fsp3) is 0.222. The molecule has 0 saturated heterocycles. The lowest BCUT2D eigenvalue weighted by atomic mass is 10.1. The van der Waals surface area contributed by atoms with Crippen LogP contribution in [0.4, 0.5) is 0 Å². The molecule has 7 nitrogen and oxygen atoms in total. The van der Waals surface area contributed by atoms with Crippen LogP contribution < -0.4 is 10.1 Å². The van der Waals surface area contributed by atoms with Gasteiger partial charge in [0.25, 0.3) is 5.91 Å². The number of benzene rings is 2. The number of hydrogen-bond donors (Lipinski definition) is 1. The first-order chi connectivity index (χ1) is 12.5. The van der Waals surface area contributed by atoms with E-state index in [0.29, 0.717) is 22.2 Å². The number of nitrogens with one attached hydrogen (secondary N) is 1. The Morgan fingerprint density at radius 1 is 1.19 bits per heavy atom. The topological polar surface area (TPSA) is 81.9 Å². The Bertz CT molecular complexity index is 955. The number of amides is 1. The number of nitrogens with zero attached hydrogens (tertiary/aromatic N) is 4. The number of rotatable bonds is 5. The van der Waals surface area contributed by atoms with Gasteiger partial charge < -0.3 is 10.1 Å². The molecule has 3 aromatic rings. The highest BCUT2D eigenvalue weighted by atomic mass is 35.5. The number of carbonyl (C=O) groups is 1. The third-order valence-corrected chi connectivity index (χ3v) is 4.32. The SMILES string of the molecule is COc1ccc(Cl)cc1C(=O)NCc1nnnn1-c1ccc(C)c(C)c1. The lowest BCUT2D eigenvalue weighted by molar-refractivity contribution is 0.0946. The van der Waals surface area contributed by atoms with Gasteiger partial charge in [-0.2, -0.15) is 4.68 Å². The van der Waals surface area contributed by atoms with Crippen LogP contribution in [0.15, 0.2) is 36.4 Å². The molecule has 1 N–H and O–H groups in total. The highest BCUT2D eigenvalue weighted by Gasteiger charge is 2.15. The fourth-order valence-corrected chi connectivity index (χ4v) is 2.66. The molecule has 0 atom stereocenters. The molecule has 26 heavy (non-hydrogen) atoms. The van der Waals surface area contributed by atoms with Gasteiger partial charge in [0.15, 0.2) is 5.82 Å². The van der Waals surface area contributed by atoms with Crippen LogP contribution in [0.5, 0.6) is 5.75 Å². The summed E-state index contributed by atoms with van der Waals surface area (Å²) < 4.78 is 6.81. The number of carbonyl (C=O) groups excluding carboxylic acids is 1. The molecule has 0 bridgehead atoms. The predicted octanol–water partition coefficient (Wildman–Crippen LogP) is 2.87. The van der Waals surface area contributed by atoms with E-state index >= 15 is 0 Å². The maximum Gasteiger partial charge on any atom is 0.255 e. The molecule has 0 aliphatic carbocycles. The standard InChI is InChI=1S/C18H18ClN5O2/c1-11-4-6-14(8-12(11)2)24-17(21-22-23-24)10-20-18(25)15-9-13(19)5-7-16(15)26-3/h4-9H,10H2,1-3H3,(H,20,25). The monoisotopic (exact) mass is 371 g/mol. The van der Waals surface area contributed by atoms with E-state index < -0.39 is 0 Å². The zero-order chi connectivity index (χ0) is 18.7. The number of tetrazole rings is 1. The summed E-state index contributed by atoms with van der Waals surface area (Å²) >= 11 is 5.98. The number of ether oxygens (including phenoxy) is 1. The lowest BCUT2D eigenvalue weighted by Crippen LogP contribution is -2.25. The summed E-state index contributed by atoms with van der Waals surface area (Å²) in [6, 6.07) is 10.8. The Labute approximate surface area is 155 Å². The van der Waals surface area contributed by atoms with Crippen molar-refractivity contribution in [3.8, 4) is 11.4 Å². The third-order valence-electron chi connectivity index (χ3n) is 4.08. The Balaban J connectivity index is 1.79. The Hall–Kier alpha value is -2.93. The first-order valence-electron chi connectivity index (χ1n) is 7.96. The zero-order valence-electron chi connectivity index (χ0n) is 14.7. The summed E-state index contributed by atoms with van der Waals surface area (Å²) in [6.45, 7) is 4.22. The van der Waals surface area contributed by atoms with Crippen LogP contribution >= 0.6 is 11.6 Å². The first kappa shape index (κ1) is 17.9. The Kier molecular flexibility index (Phi) is 5.18. The van der Waals surface area contributed by atoms with Crippen molar-refractivity contribution >= 4 is 17.5 Å². The van der Waals surface area contributed by atoms with E-state index in [1.807, 2.05) is 32.0 Å². The Morgan fingerprint density at radius 2 is 2.00 bits per heavy atom. The molecule has 1 amide bonds. The molecule has 1 aromatic heterocycles.